The van der Waals surface area contributed by atoms with Gasteiger partial charge in [0.25, 0.3) is 11.5 Å². The fraction of sp³-hybridized carbons (Fsp3) is 0.143. The smallest absolute Gasteiger partial charge is 0.274 e. The summed E-state index contributed by atoms with van der Waals surface area (Å²) in [5, 5.41) is 15.9. The third-order valence-electron chi connectivity index (χ3n) is 4.67. The summed E-state index contributed by atoms with van der Waals surface area (Å²) in [7, 11) is 0. The van der Waals surface area contributed by atoms with Crippen LogP contribution in [0.1, 0.15) is 16.8 Å². The summed E-state index contributed by atoms with van der Waals surface area (Å²) in [5.74, 6) is 0.0600. The van der Waals surface area contributed by atoms with Gasteiger partial charge in [0.15, 0.2) is 0 Å². The first-order chi connectivity index (χ1) is 14.7. The second kappa shape index (κ2) is 8.85. The molecule has 0 aliphatic carbocycles. The van der Waals surface area contributed by atoms with E-state index in [2.05, 4.69) is 9.59 Å². The van der Waals surface area contributed by atoms with Gasteiger partial charge in [-0.15, -0.1) is 5.10 Å². The number of carbonyl (C=O) groups is 1. The van der Waals surface area contributed by atoms with Crippen molar-refractivity contribution in [2.45, 2.75) is 13.0 Å². The molecule has 0 aliphatic rings. The molecule has 2 N–H and O–H groups in total. The zero-order valence-corrected chi connectivity index (χ0v) is 16.6. The Balaban J connectivity index is 1.45. The molecule has 4 aromatic rings. The van der Waals surface area contributed by atoms with E-state index < -0.39 is 5.91 Å². The minimum atomic E-state index is -0.658. The average Bonchev–Trinajstić information content (AvgIpc) is 3.32. The molecule has 0 saturated carbocycles. The number of hydrogen-bond acceptors (Lipinski definition) is 7. The van der Waals surface area contributed by atoms with E-state index in [1.165, 1.54) is 17.6 Å². The number of nitrogens with zero attached hydrogens (tertiary/aromatic N) is 3. The van der Waals surface area contributed by atoms with Crippen molar-refractivity contribution in [2.24, 2.45) is 0 Å². The molecule has 0 saturated heterocycles. The van der Waals surface area contributed by atoms with Crippen LogP contribution in [-0.2, 0) is 6.54 Å². The number of nitrogens with one attached hydrogen (secondary N) is 1. The minimum Gasteiger partial charge on any atom is -0.493 e. The van der Waals surface area contributed by atoms with Gasteiger partial charge in [0.05, 0.1) is 6.61 Å². The van der Waals surface area contributed by atoms with Crippen molar-refractivity contribution in [3.63, 3.8) is 0 Å². The summed E-state index contributed by atoms with van der Waals surface area (Å²) in [6, 6.07) is 14.2. The van der Waals surface area contributed by atoms with Gasteiger partial charge in [-0.1, -0.05) is 22.7 Å². The Kier molecular flexibility index (Phi) is 5.82. The third kappa shape index (κ3) is 4.07. The van der Waals surface area contributed by atoms with Gasteiger partial charge >= 0.3 is 0 Å². The molecule has 2 aromatic heterocycles. The van der Waals surface area contributed by atoms with Crippen LogP contribution in [0, 0.1) is 0 Å². The SMILES string of the molecule is O=C(NO)c1ccc2ccn(CCCOc3ccccc3-c3csnn3)c(=O)c2c1. The fourth-order valence-corrected chi connectivity index (χ4v) is 3.62. The van der Waals surface area contributed by atoms with Gasteiger partial charge < -0.3 is 9.30 Å². The third-order valence-corrected chi connectivity index (χ3v) is 5.17. The number of hydroxylamine groups is 1. The van der Waals surface area contributed by atoms with E-state index >= 15 is 0 Å². The molecular formula is C21H18N4O4S. The normalized spacial score (nSPS) is 10.8. The number of hydrogen-bond donors (Lipinski definition) is 2. The highest BCUT2D eigenvalue weighted by Crippen LogP contribution is 2.28. The lowest BCUT2D eigenvalue weighted by atomic mass is 10.1. The lowest BCUT2D eigenvalue weighted by Crippen LogP contribution is -2.22. The first-order valence-corrected chi connectivity index (χ1v) is 10.1. The standard InChI is InChI=1S/C21H18N4O4S/c26-20(23-28)15-7-6-14-8-10-25(21(27)17(14)12-15)9-3-11-29-19-5-2-1-4-16(19)18-13-30-24-22-18/h1-2,4-8,10,12-13,28H,3,9,11H2,(H,23,26). The van der Waals surface area contributed by atoms with Crippen LogP contribution in [0.4, 0.5) is 0 Å². The van der Waals surface area contributed by atoms with Crippen LogP contribution < -0.4 is 15.8 Å². The van der Waals surface area contributed by atoms with E-state index in [-0.39, 0.29) is 11.1 Å². The van der Waals surface area contributed by atoms with Crippen LogP contribution >= 0.6 is 11.5 Å². The van der Waals surface area contributed by atoms with Crippen LogP contribution in [0.25, 0.3) is 22.0 Å². The molecule has 2 heterocycles. The number of ether oxygens (including phenoxy) is 1. The first-order valence-electron chi connectivity index (χ1n) is 9.24. The van der Waals surface area contributed by atoms with Gasteiger partial charge in [0.1, 0.15) is 11.4 Å². The van der Waals surface area contributed by atoms with Crippen LogP contribution in [-0.4, -0.2) is 31.9 Å². The van der Waals surface area contributed by atoms with Crippen LogP contribution in [0.15, 0.2) is 64.9 Å². The highest BCUT2D eigenvalue weighted by molar-refractivity contribution is 7.03. The van der Waals surface area contributed by atoms with Crippen molar-refractivity contribution in [1.29, 1.82) is 0 Å². The highest BCUT2D eigenvalue weighted by Gasteiger charge is 2.10. The number of carbonyl (C=O) groups excluding carboxylic acids is 1. The number of benzene rings is 2. The molecule has 0 radical (unpaired) electrons. The maximum Gasteiger partial charge on any atom is 0.274 e. The first kappa shape index (κ1) is 19.7. The van der Waals surface area contributed by atoms with E-state index in [4.69, 9.17) is 9.94 Å². The second-order valence-corrected chi connectivity index (χ2v) is 7.16. The Morgan fingerprint density at radius 3 is 2.87 bits per heavy atom. The van der Waals surface area contributed by atoms with Crippen molar-refractivity contribution in [1.82, 2.24) is 19.6 Å². The molecule has 0 bridgehead atoms. The topological polar surface area (TPSA) is 106 Å². The second-order valence-electron chi connectivity index (χ2n) is 6.55. The molecule has 0 fully saturated rings. The van der Waals surface area contributed by atoms with Crippen molar-refractivity contribution >= 4 is 28.2 Å². The molecule has 0 atom stereocenters. The molecular weight excluding hydrogens is 404 g/mol. The number of fused-ring (bicyclic) bond motifs is 1. The molecule has 152 valence electrons. The summed E-state index contributed by atoms with van der Waals surface area (Å²) in [6.45, 7) is 0.887. The predicted octanol–water partition coefficient (Wildman–Crippen LogP) is 3.11. The van der Waals surface area contributed by atoms with Crippen molar-refractivity contribution in [3.05, 3.63) is 76.0 Å². The van der Waals surface area contributed by atoms with Crippen molar-refractivity contribution < 1.29 is 14.7 Å². The Morgan fingerprint density at radius 2 is 2.07 bits per heavy atom. The quantitative estimate of drug-likeness (QED) is 0.269. The Bertz CT molecular complexity index is 1240. The van der Waals surface area contributed by atoms with Crippen LogP contribution in [0.2, 0.25) is 0 Å². The largest absolute Gasteiger partial charge is 0.493 e. The lowest BCUT2D eigenvalue weighted by Gasteiger charge is -2.11. The zero-order chi connectivity index (χ0) is 20.9. The number of aryl methyl sites for hydroxylation is 1. The van der Waals surface area contributed by atoms with E-state index in [1.807, 2.05) is 35.7 Å². The van der Waals surface area contributed by atoms with E-state index in [0.29, 0.717) is 25.0 Å². The van der Waals surface area contributed by atoms with Gasteiger partial charge in [-0.3, -0.25) is 14.8 Å². The number of amides is 1. The summed E-state index contributed by atoms with van der Waals surface area (Å²) < 4.78 is 11.4. The monoisotopic (exact) mass is 422 g/mol. The minimum absolute atomic E-state index is 0.200. The maximum absolute atomic E-state index is 12.8. The molecule has 1 amide bonds. The fourth-order valence-electron chi connectivity index (χ4n) is 3.16. The average molecular weight is 422 g/mol. The van der Waals surface area contributed by atoms with Gasteiger partial charge in [-0.25, -0.2) is 5.48 Å². The van der Waals surface area contributed by atoms with Crippen molar-refractivity contribution in [2.75, 3.05) is 6.61 Å². The van der Waals surface area contributed by atoms with Gasteiger partial charge in [0.2, 0.25) is 0 Å². The number of pyridine rings is 1. The highest BCUT2D eigenvalue weighted by atomic mass is 32.1. The summed E-state index contributed by atoms with van der Waals surface area (Å²) in [6.07, 6.45) is 2.34. The van der Waals surface area contributed by atoms with Crippen LogP contribution in [0.3, 0.4) is 0 Å². The number of para-hydroxylation sites is 1. The lowest BCUT2D eigenvalue weighted by molar-refractivity contribution is 0.0706. The van der Waals surface area contributed by atoms with E-state index in [1.54, 1.807) is 28.4 Å². The Morgan fingerprint density at radius 1 is 1.20 bits per heavy atom. The van der Waals surface area contributed by atoms with Gasteiger partial charge in [-0.05, 0) is 53.7 Å². The molecule has 8 nitrogen and oxygen atoms in total. The Labute approximate surface area is 175 Å². The van der Waals surface area contributed by atoms with Gasteiger partial charge in [-0.2, -0.15) is 0 Å². The molecule has 4 rings (SSSR count). The maximum atomic E-state index is 12.8. The zero-order valence-electron chi connectivity index (χ0n) is 15.8. The number of rotatable bonds is 7. The summed E-state index contributed by atoms with van der Waals surface area (Å²) in [5.41, 5.74) is 3.25. The predicted molar refractivity (Wildman–Crippen MR) is 113 cm³/mol. The Hall–Kier alpha value is -3.56. The van der Waals surface area contributed by atoms with E-state index in [9.17, 15) is 9.59 Å². The molecule has 0 aliphatic heterocycles. The molecule has 30 heavy (non-hydrogen) atoms. The molecule has 0 spiro atoms. The van der Waals surface area contributed by atoms with Gasteiger partial charge in [0, 0.05) is 34.6 Å². The molecule has 0 unspecified atom stereocenters. The summed E-state index contributed by atoms with van der Waals surface area (Å²) >= 11 is 1.28. The molecule has 9 heteroatoms. The molecule has 2 aromatic carbocycles. The van der Waals surface area contributed by atoms with E-state index in [0.717, 1.165) is 22.4 Å². The summed E-state index contributed by atoms with van der Waals surface area (Å²) in [4.78, 5) is 24.4. The van der Waals surface area contributed by atoms with Crippen LogP contribution in [0.5, 0.6) is 5.75 Å². The van der Waals surface area contributed by atoms with Crippen molar-refractivity contribution in [3.8, 4) is 17.0 Å². The number of aromatic nitrogens is 3.